The molecule has 0 spiro atoms. The second kappa shape index (κ2) is 6.42. The van der Waals surface area contributed by atoms with Gasteiger partial charge in [-0.1, -0.05) is 6.92 Å². The number of phenols is 1. The van der Waals surface area contributed by atoms with Crippen LogP contribution >= 0.6 is 11.3 Å². The lowest BCUT2D eigenvalue weighted by molar-refractivity contribution is -0.132. The fourth-order valence-corrected chi connectivity index (χ4v) is 3.37. The third-order valence-corrected chi connectivity index (χ3v) is 4.61. The van der Waals surface area contributed by atoms with Crippen molar-refractivity contribution in [3.63, 3.8) is 0 Å². The molecule has 5 nitrogen and oxygen atoms in total. The summed E-state index contributed by atoms with van der Waals surface area (Å²) < 4.78 is 5.16. The summed E-state index contributed by atoms with van der Waals surface area (Å²) in [6.07, 6.45) is 1.06. The standard InChI is InChI=1S/C17H18N2O3S/c1-3-17(21)19-14(12-6-7-23-10-12)9-13(18-19)11-4-5-15(20)16(8-11)22-2/h4-8,10,14,20H,3,9H2,1-2H3/t14-/m0/s1. The molecule has 1 aliphatic heterocycles. The van der Waals surface area contributed by atoms with E-state index in [0.717, 1.165) is 16.8 Å². The fourth-order valence-electron chi connectivity index (χ4n) is 2.66. The molecule has 0 bridgehead atoms. The van der Waals surface area contributed by atoms with E-state index in [2.05, 4.69) is 10.5 Å². The lowest BCUT2D eigenvalue weighted by Crippen LogP contribution is -2.25. The molecule has 23 heavy (non-hydrogen) atoms. The quantitative estimate of drug-likeness (QED) is 0.932. The van der Waals surface area contributed by atoms with Crippen molar-refractivity contribution in [3.05, 3.63) is 46.2 Å². The summed E-state index contributed by atoms with van der Waals surface area (Å²) in [6.45, 7) is 1.84. The van der Waals surface area contributed by atoms with Crippen LogP contribution in [0.15, 0.2) is 40.1 Å². The Morgan fingerprint density at radius 1 is 1.48 bits per heavy atom. The highest BCUT2D eigenvalue weighted by Crippen LogP contribution is 2.36. The minimum absolute atomic E-state index is 0.00180. The Hall–Kier alpha value is -2.34. The van der Waals surface area contributed by atoms with Crippen molar-refractivity contribution in [2.24, 2.45) is 5.10 Å². The largest absolute Gasteiger partial charge is 0.504 e. The summed E-state index contributed by atoms with van der Waals surface area (Å²) in [5, 5.41) is 19.9. The van der Waals surface area contributed by atoms with Crippen LogP contribution in [-0.2, 0) is 4.79 Å². The Labute approximate surface area is 138 Å². The van der Waals surface area contributed by atoms with Crippen molar-refractivity contribution in [3.8, 4) is 11.5 Å². The number of phenolic OH excluding ortho intramolecular Hbond substituents is 1. The number of rotatable bonds is 4. The number of carbonyl (C=O) groups is 1. The highest BCUT2D eigenvalue weighted by Gasteiger charge is 2.32. The molecule has 2 heterocycles. The first-order valence-corrected chi connectivity index (χ1v) is 8.37. The molecule has 1 atom stereocenters. The number of benzene rings is 1. The maximum absolute atomic E-state index is 12.2. The van der Waals surface area contributed by atoms with Gasteiger partial charge in [0.25, 0.3) is 0 Å². The Balaban J connectivity index is 1.95. The molecule has 0 fully saturated rings. The van der Waals surface area contributed by atoms with Gasteiger partial charge in [-0.3, -0.25) is 4.79 Å². The van der Waals surface area contributed by atoms with E-state index in [-0.39, 0.29) is 17.7 Å². The van der Waals surface area contributed by atoms with Gasteiger partial charge in [-0.25, -0.2) is 5.01 Å². The van der Waals surface area contributed by atoms with E-state index in [9.17, 15) is 9.90 Å². The molecule has 0 saturated carbocycles. The van der Waals surface area contributed by atoms with Gasteiger partial charge in [0.1, 0.15) is 0 Å². The number of hydrazone groups is 1. The van der Waals surface area contributed by atoms with E-state index >= 15 is 0 Å². The zero-order chi connectivity index (χ0) is 16.4. The summed E-state index contributed by atoms with van der Waals surface area (Å²) in [5.74, 6) is 0.491. The first kappa shape index (κ1) is 15.6. The average molecular weight is 330 g/mol. The van der Waals surface area contributed by atoms with Crippen molar-refractivity contribution < 1.29 is 14.6 Å². The van der Waals surface area contributed by atoms with Gasteiger partial charge < -0.3 is 9.84 Å². The molecule has 1 N–H and O–H groups in total. The predicted octanol–water partition coefficient (Wildman–Crippen LogP) is 3.55. The third kappa shape index (κ3) is 2.94. The lowest BCUT2D eigenvalue weighted by Gasteiger charge is -2.20. The number of carbonyl (C=O) groups excluding carboxylic acids is 1. The molecule has 120 valence electrons. The van der Waals surface area contributed by atoms with Gasteiger partial charge in [-0.05, 0) is 40.6 Å². The maximum atomic E-state index is 12.2. The number of methoxy groups -OCH3 is 1. The van der Waals surface area contributed by atoms with Crippen LogP contribution in [0.1, 0.15) is 36.9 Å². The first-order valence-electron chi connectivity index (χ1n) is 7.43. The van der Waals surface area contributed by atoms with E-state index in [1.165, 1.54) is 7.11 Å². The van der Waals surface area contributed by atoms with Crippen LogP contribution < -0.4 is 4.74 Å². The van der Waals surface area contributed by atoms with Crippen LogP contribution in [0, 0.1) is 0 Å². The fraction of sp³-hybridized carbons (Fsp3) is 0.294. The summed E-state index contributed by atoms with van der Waals surface area (Å²) in [7, 11) is 1.51. The van der Waals surface area contributed by atoms with E-state index < -0.39 is 0 Å². The molecule has 1 aliphatic rings. The predicted molar refractivity (Wildman–Crippen MR) is 90.0 cm³/mol. The lowest BCUT2D eigenvalue weighted by atomic mass is 10.00. The first-order chi connectivity index (χ1) is 11.1. The number of thiophene rings is 1. The minimum Gasteiger partial charge on any atom is -0.504 e. The van der Waals surface area contributed by atoms with Crippen LogP contribution in [0.5, 0.6) is 11.5 Å². The van der Waals surface area contributed by atoms with Crippen molar-refractivity contribution in [2.45, 2.75) is 25.8 Å². The summed E-state index contributed by atoms with van der Waals surface area (Å²) in [5.41, 5.74) is 2.77. The average Bonchev–Trinajstić information content (AvgIpc) is 3.23. The van der Waals surface area contributed by atoms with Crippen LogP contribution in [-0.4, -0.2) is 28.8 Å². The normalized spacial score (nSPS) is 17.2. The second-order valence-electron chi connectivity index (χ2n) is 5.30. The van der Waals surface area contributed by atoms with E-state index in [1.54, 1.807) is 34.5 Å². The second-order valence-corrected chi connectivity index (χ2v) is 6.08. The monoisotopic (exact) mass is 330 g/mol. The zero-order valence-corrected chi connectivity index (χ0v) is 13.8. The van der Waals surface area contributed by atoms with Gasteiger partial charge in [-0.2, -0.15) is 16.4 Å². The number of hydrogen-bond acceptors (Lipinski definition) is 5. The number of aromatic hydroxyl groups is 1. The van der Waals surface area contributed by atoms with Crippen molar-refractivity contribution in [1.29, 1.82) is 0 Å². The SMILES string of the molecule is CCC(=O)N1N=C(c2ccc(O)c(OC)c2)C[C@H]1c1ccsc1. The molecule has 2 aromatic rings. The number of hydrogen-bond donors (Lipinski definition) is 1. The molecule has 1 aromatic heterocycles. The van der Waals surface area contributed by atoms with Gasteiger partial charge in [0, 0.05) is 18.4 Å². The summed E-state index contributed by atoms with van der Waals surface area (Å²) >= 11 is 1.61. The smallest absolute Gasteiger partial charge is 0.242 e. The van der Waals surface area contributed by atoms with Gasteiger partial charge in [0.15, 0.2) is 11.5 Å². The van der Waals surface area contributed by atoms with Gasteiger partial charge in [0.2, 0.25) is 5.91 Å². The number of nitrogens with zero attached hydrogens (tertiary/aromatic N) is 2. The van der Waals surface area contributed by atoms with E-state index in [0.29, 0.717) is 18.6 Å². The molecule has 0 radical (unpaired) electrons. The summed E-state index contributed by atoms with van der Waals surface area (Å²) in [4.78, 5) is 12.2. The molecule has 3 rings (SSSR count). The van der Waals surface area contributed by atoms with Crippen molar-refractivity contribution in [2.75, 3.05) is 7.11 Å². The Kier molecular flexibility index (Phi) is 4.34. The minimum atomic E-state index is -0.0662. The Morgan fingerprint density at radius 3 is 2.96 bits per heavy atom. The molecule has 6 heteroatoms. The van der Waals surface area contributed by atoms with Crippen LogP contribution in [0.25, 0.3) is 0 Å². The highest BCUT2D eigenvalue weighted by molar-refractivity contribution is 7.08. The van der Waals surface area contributed by atoms with Crippen molar-refractivity contribution >= 4 is 23.0 Å². The maximum Gasteiger partial charge on any atom is 0.242 e. The Bertz CT molecular complexity index is 740. The van der Waals surface area contributed by atoms with E-state index in [1.807, 2.05) is 18.4 Å². The molecular weight excluding hydrogens is 312 g/mol. The van der Waals surface area contributed by atoms with Crippen LogP contribution in [0.3, 0.4) is 0 Å². The Morgan fingerprint density at radius 2 is 2.30 bits per heavy atom. The molecule has 1 aromatic carbocycles. The molecule has 0 unspecified atom stereocenters. The third-order valence-electron chi connectivity index (χ3n) is 3.91. The molecule has 0 aliphatic carbocycles. The zero-order valence-electron chi connectivity index (χ0n) is 13.0. The molecule has 1 amide bonds. The van der Waals surface area contributed by atoms with E-state index in [4.69, 9.17) is 4.74 Å². The van der Waals surface area contributed by atoms with Gasteiger partial charge >= 0.3 is 0 Å². The molecular formula is C17H18N2O3S. The topological polar surface area (TPSA) is 62.1 Å². The van der Waals surface area contributed by atoms with Crippen LogP contribution in [0.2, 0.25) is 0 Å². The van der Waals surface area contributed by atoms with Gasteiger partial charge in [-0.15, -0.1) is 0 Å². The number of amides is 1. The highest BCUT2D eigenvalue weighted by atomic mass is 32.1. The summed E-state index contributed by atoms with van der Waals surface area (Å²) in [6, 6.07) is 7.09. The van der Waals surface area contributed by atoms with Crippen molar-refractivity contribution in [1.82, 2.24) is 5.01 Å². The van der Waals surface area contributed by atoms with Gasteiger partial charge in [0.05, 0.1) is 18.9 Å². The molecule has 0 saturated heterocycles. The number of ether oxygens (including phenoxy) is 1. The van der Waals surface area contributed by atoms with Crippen LogP contribution in [0.4, 0.5) is 0 Å².